The standard InChI is InChI=1S/C12H13N3O6/c1-21-11(17)4-10(16)12(18)6-2-8-7(5-13-14-8)9(3-6)15(19)20/h2-3,5,10,12,16,18H,4H2,1H3,(H,13,14). The van der Waals surface area contributed by atoms with Crippen molar-refractivity contribution in [2.45, 2.75) is 18.6 Å². The van der Waals surface area contributed by atoms with E-state index in [1.165, 1.54) is 12.3 Å². The van der Waals surface area contributed by atoms with E-state index in [4.69, 9.17) is 0 Å². The molecule has 2 rings (SSSR count). The normalized spacial score (nSPS) is 13.9. The third-order valence-electron chi connectivity index (χ3n) is 3.07. The van der Waals surface area contributed by atoms with Gasteiger partial charge in [-0.25, -0.2) is 0 Å². The number of rotatable bonds is 5. The summed E-state index contributed by atoms with van der Waals surface area (Å²) >= 11 is 0. The Hall–Kier alpha value is -2.52. The maximum atomic E-state index is 11.1. The number of esters is 1. The monoisotopic (exact) mass is 295 g/mol. The number of aliphatic hydroxyl groups is 2. The zero-order valence-corrected chi connectivity index (χ0v) is 11.0. The Bertz CT molecular complexity index is 683. The molecule has 1 heterocycles. The van der Waals surface area contributed by atoms with Gasteiger partial charge in [-0.15, -0.1) is 0 Å². The van der Waals surface area contributed by atoms with Gasteiger partial charge in [0, 0.05) is 6.07 Å². The average Bonchev–Trinajstić information content (AvgIpc) is 2.92. The number of non-ortho nitro benzene ring substituents is 1. The van der Waals surface area contributed by atoms with Gasteiger partial charge in [-0.1, -0.05) is 0 Å². The average molecular weight is 295 g/mol. The number of fused-ring (bicyclic) bond motifs is 1. The van der Waals surface area contributed by atoms with Crippen LogP contribution in [0.25, 0.3) is 10.9 Å². The van der Waals surface area contributed by atoms with Crippen molar-refractivity contribution in [2.24, 2.45) is 0 Å². The fourth-order valence-corrected chi connectivity index (χ4v) is 1.96. The third-order valence-corrected chi connectivity index (χ3v) is 3.07. The van der Waals surface area contributed by atoms with Gasteiger partial charge < -0.3 is 14.9 Å². The molecule has 0 saturated heterocycles. The van der Waals surface area contributed by atoms with Crippen molar-refractivity contribution in [2.75, 3.05) is 7.11 Å². The van der Waals surface area contributed by atoms with Crippen LogP contribution in [0.5, 0.6) is 0 Å². The Kier molecular flexibility index (Phi) is 4.15. The van der Waals surface area contributed by atoms with Gasteiger partial charge in [-0.05, 0) is 11.6 Å². The van der Waals surface area contributed by atoms with Crippen LogP contribution in [0.3, 0.4) is 0 Å². The molecule has 0 aliphatic rings. The van der Waals surface area contributed by atoms with Gasteiger partial charge in [0.2, 0.25) is 0 Å². The van der Waals surface area contributed by atoms with Crippen LogP contribution < -0.4 is 0 Å². The molecule has 2 unspecified atom stereocenters. The van der Waals surface area contributed by atoms with Crippen molar-refractivity contribution >= 4 is 22.6 Å². The van der Waals surface area contributed by atoms with Gasteiger partial charge in [0.25, 0.3) is 5.69 Å². The third kappa shape index (κ3) is 2.98. The maximum Gasteiger partial charge on any atom is 0.308 e. The van der Waals surface area contributed by atoms with Gasteiger partial charge in [-0.3, -0.25) is 20.0 Å². The number of hydrogen-bond acceptors (Lipinski definition) is 7. The number of hydrogen-bond donors (Lipinski definition) is 3. The van der Waals surface area contributed by atoms with E-state index in [9.17, 15) is 25.1 Å². The number of carbonyl (C=O) groups excluding carboxylic acids is 1. The van der Waals surface area contributed by atoms with Crippen LogP contribution >= 0.6 is 0 Å². The van der Waals surface area contributed by atoms with Crippen LogP contribution in [-0.2, 0) is 9.53 Å². The van der Waals surface area contributed by atoms with E-state index in [1.807, 2.05) is 0 Å². The second kappa shape index (κ2) is 5.85. The number of nitro groups is 1. The number of nitro benzene ring substituents is 1. The lowest BCUT2D eigenvalue weighted by atomic mass is 10.00. The van der Waals surface area contributed by atoms with Gasteiger partial charge >= 0.3 is 5.97 Å². The molecule has 1 aromatic carbocycles. The minimum absolute atomic E-state index is 0.106. The van der Waals surface area contributed by atoms with Crippen LogP contribution in [0.2, 0.25) is 0 Å². The summed E-state index contributed by atoms with van der Waals surface area (Å²) in [6, 6.07) is 2.57. The van der Waals surface area contributed by atoms with E-state index >= 15 is 0 Å². The zero-order chi connectivity index (χ0) is 15.6. The minimum Gasteiger partial charge on any atom is -0.469 e. The van der Waals surface area contributed by atoms with Crippen LogP contribution in [0, 0.1) is 10.1 Å². The number of nitrogens with zero attached hydrogens (tertiary/aromatic N) is 2. The first-order valence-corrected chi connectivity index (χ1v) is 5.98. The Morgan fingerprint density at radius 1 is 1.52 bits per heavy atom. The summed E-state index contributed by atoms with van der Waals surface area (Å²) in [5.41, 5.74) is 0.207. The van der Waals surface area contributed by atoms with E-state index in [0.29, 0.717) is 10.9 Å². The molecule has 9 heteroatoms. The lowest BCUT2D eigenvalue weighted by molar-refractivity contribution is -0.383. The molecule has 0 spiro atoms. The Morgan fingerprint density at radius 2 is 2.24 bits per heavy atom. The van der Waals surface area contributed by atoms with Gasteiger partial charge in [-0.2, -0.15) is 5.10 Å². The molecular weight excluding hydrogens is 282 g/mol. The summed E-state index contributed by atoms with van der Waals surface area (Å²) < 4.78 is 4.39. The topological polar surface area (TPSA) is 139 Å². The molecule has 0 aliphatic carbocycles. The molecule has 0 saturated carbocycles. The number of aromatic amines is 1. The highest BCUT2D eigenvalue weighted by atomic mass is 16.6. The highest BCUT2D eigenvalue weighted by Crippen LogP contribution is 2.30. The molecule has 1 aromatic heterocycles. The minimum atomic E-state index is -1.46. The summed E-state index contributed by atoms with van der Waals surface area (Å²) in [5, 5.41) is 37.4. The predicted molar refractivity (Wildman–Crippen MR) is 70.3 cm³/mol. The molecule has 0 bridgehead atoms. The highest BCUT2D eigenvalue weighted by Gasteiger charge is 2.25. The van der Waals surface area contributed by atoms with Crippen LogP contribution in [0.4, 0.5) is 5.69 Å². The predicted octanol–water partition coefficient (Wildman–Crippen LogP) is 0.428. The molecule has 3 N–H and O–H groups in total. The molecule has 2 atom stereocenters. The lowest BCUT2D eigenvalue weighted by Crippen LogP contribution is -2.22. The largest absolute Gasteiger partial charge is 0.469 e. The van der Waals surface area contributed by atoms with Gasteiger partial charge in [0.1, 0.15) is 6.10 Å². The number of ether oxygens (including phenoxy) is 1. The van der Waals surface area contributed by atoms with E-state index in [1.54, 1.807) is 0 Å². The molecule has 0 amide bonds. The first kappa shape index (κ1) is 14.9. The van der Waals surface area contributed by atoms with E-state index in [0.717, 1.165) is 13.2 Å². The van der Waals surface area contributed by atoms with Gasteiger partial charge in [0.05, 0.1) is 41.7 Å². The van der Waals surface area contributed by atoms with Crippen molar-refractivity contribution in [3.63, 3.8) is 0 Å². The van der Waals surface area contributed by atoms with Crippen molar-refractivity contribution in [1.82, 2.24) is 10.2 Å². The number of aliphatic hydroxyl groups excluding tert-OH is 2. The number of nitrogens with one attached hydrogen (secondary N) is 1. The zero-order valence-electron chi connectivity index (χ0n) is 11.0. The van der Waals surface area contributed by atoms with Crippen molar-refractivity contribution in [3.8, 4) is 0 Å². The molecule has 0 radical (unpaired) electrons. The summed E-state index contributed by atoms with van der Waals surface area (Å²) in [4.78, 5) is 21.5. The summed E-state index contributed by atoms with van der Waals surface area (Å²) in [6.45, 7) is 0. The first-order valence-electron chi connectivity index (χ1n) is 5.98. The lowest BCUT2D eigenvalue weighted by Gasteiger charge is -2.17. The maximum absolute atomic E-state index is 11.1. The number of benzene rings is 1. The molecule has 0 fully saturated rings. The Morgan fingerprint density at radius 3 is 2.86 bits per heavy atom. The first-order chi connectivity index (χ1) is 9.93. The molecular formula is C12H13N3O6. The van der Waals surface area contributed by atoms with Crippen LogP contribution in [0.1, 0.15) is 18.1 Å². The van der Waals surface area contributed by atoms with E-state index < -0.39 is 29.5 Å². The molecule has 0 aliphatic heterocycles. The summed E-state index contributed by atoms with van der Waals surface area (Å²) in [6.07, 6.45) is -2.02. The number of aromatic nitrogens is 2. The highest BCUT2D eigenvalue weighted by molar-refractivity contribution is 5.88. The molecule has 21 heavy (non-hydrogen) atoms. The number of carbonyl (C=O) groups is 1. The smallest absolute Gasteiger partial charge is 0.308 e. The van der Waals surface area contributed by atoms with Crippen LogP contribution in [0.15, 0.2) is 18.3 Å². The second-order valence-corrected chi connectivity index (χ2v) is 4.42. The number of H-pyrrole nitrogens is 1. The fourth-order valence-electron chi connectivity index (χ4n) is 1.96. The van der Waals surface area contributed by atoms with Crippen molar-refractivity contribution < 1.29 is 24.7 Å². The van der Waals surface area contributed by atoms with E-state index in [-0.39, 0.29) is 11.3 Å². The Labute approximate surface area is 118 Å². The summed E-state index contributed by atoms with van der Waals surface area (Å²) in [5.74, 6) is -0.696. The molecule has 9 nitrogen and oxygen atoms in total. The number of methoxy groups -OCH3 is 1. The molecule has 112 valence electrons. The van der Waals surface area contributed by atoms with Gasteiger partial charge in [0.15, 0.2) is 0 Å². The van der Waals surface area contributed by atoms with Crippen LogP contribution in [-0.4, -0.2) is 44.5 Å². The fraction of sp³-hybridized carbons (Fsp3) is 0.333. The summed E-state index contributed by atoms with van der Waals surface area (Å²) in [7, 11) is 1.16. The van der Waals surface area contributed by atoms with E-state index in [2.05, 4.69) is 14.9 Å². The Balaban J connectivity index is 2.37. The molecule has 2 aromatic rings. The second-order valence-electron chi connectivity index (χ2n) is 4.42. The van der Waals surface area contributed by atoms with Crippen molar-refractivity contribution in [1.29, 1.82) is 0 Å². The van der Waals surface area contributed by atoms with Crippen molar-refractivity contribution in [3.05, 3.63) is 34.0 Å². The quantitative estimate of drug-likeness (QED) is 0.413. The SMILES string of the molecule is COC(=O)CC(O)C(O)c1cc([N+](=O)[O-])c2cn[nH]c2c1.